The van der Waals surface area contributed by atoms with E-state index in [1.807, 2.05) is 0 Å². The normalized spacial score (nSPS) is 13.1. The summed E-state index contributed by atoms with van der Waals surface area (Å²) in [6.45, 7) is -0.706. The van der Waals surface area contributed by atoms with Crippen LogP contribution < -0.4 is 10.6 Å². The number of halogens is 1. The van der Waals surface area contributed by atoms with Crippen LogP contribution in [0, 0.1) is 0 Å². The molecule has 0 bridgehead atoms. The van der Waals surface area contributed by atoms with E-state index in [1.165, 1.54) is 0 Å². The molecule has 4 N–H and O–H groups in total. The molecule has 0 aliphatic rings. The highest BCUT2D eigenvalue weighted by Gasteiger charge is 2.21. The summed E-state index contributed by atoms with van der Waals surface area (Å²) in [5, 5.41) is 21.5. The molecule has 2 amide bonds. The first-order valence-corrected chi connectivity index (χ1v) is 5.93. The van der Waals surface area contributed by atoms with Gasteiger partial charge in [-0.25, -0.2) is 9.59 Å². The zero-order valence-corrected chi connectivity index (χ0v) is 10.7. The topological polar surface area (TPSA) is 133 Å². The third kappa shape index (κ3) is 8.01. The fourth-order valence-electron chi connectivity index (χ4n) is 1.36. The average Bonchev–Trinajstić information content (AvgIpc) is 2.38. The summed E-state index contributed by atoms with van der Waals surface area (Å²) in [6.07, 6.45) is -0.157. The fourth-order valence-corrected chi connectivity index (χ4v) is 1.36. The lowest BCUT2D eigenvalue weighted by molar-refractivity contribution is -0.139. The standard InChI is InChI=1S/C11H17FN2O6/c12-5-1-2-8(10(18)19)14-11(20)13-7(6-15)3-4-9(16)17/h6-8H,1-5H2,(H,16,17)(H,18,19)(H2,13,14,20)/t7?,8-/m0/s1. The van der Waals surface area contributed by atoms with Crippen molar-refractivity contribution in [1.82, 2.24) is 10.6 Å². The zero-order chi connectivity index (χ0) is 15.5. The van der Waals surface area contributed by atoms with Crippen molar-refractivity contribution in [2.24, 2.45) is 0 Å². The lowest BCUT2D eigenvalue weighted by Crippen LogP contribution is -2.49. The van der Waals surface area contributed by atoms with E-state index < -0.39 is 36.7 Å². The molecule has 0 radical (unpaired) electrons. The van der Waals surface area contributed by atoms with E-state index in [-0.39, 0.29) is 25.7 Å². The SMILES string of the molecule is O=CC(CCC(=O)O)NC(=O)N[C@@H](CCCF)C(=O)O. The Labute approximate surface area is 114 Å². The van der Waals surface area contributed by atoms with Crippen LogP contribution in [-0.2, 0) is 14.4 Å². The number of carbonyl (C=O) groups excluding carboxylic acids is 2. The molecule has 0 spiro atoms. The van der Waals surface area contributed by atoms with Crippen molar-refractivity contribution in [3.63, 3.8) is 0 Å². The largest absolute Gasteiger partial charge is 0.481 e. The molecule has 0 aromatic heterocycles. The monoisotopic (exact) mass is 292 g/mol. The first-order chi connectivity index (χ1) is 9.40. The fraction of sp³-hybridized carbons (Fsp3) is 0.636. The number of carboxylic acids is 2. The molecule has 0 rings (SSSR count). The Hall–Kier alpha value is -2.19. The summed E-state index contributed by atoms with van der Waals surface area (Å²) < 4.78 is 12.0. The Morgan fingerprint density at radius 3 is 2.25 bits per heavy atom. The van der Waals surface area contributed by atoms with Gasteiger partial charge < -0.3 is 25.6 Å². The summed E-state index contributed by atoms with van der Waals surface area (Å²) in [5.41, 5.74) is 0. The van der Waals surface area contributed by atoms with Gasteiger partial charge >= 0.3 is 18.0 Å². The number of urea groups is 1. The van der Waals surface area contributed by atoms with Gasteiger partial charge in [0.05, 0.1) is 12.7 Å². The van der Waals surface area contributed by atoms with Crippen LogP contribution in [0.3, 0.4) is 0 Å². The van der Waals surface area contributed by atoms with Gasteiger partial charge in [0.25, 0.3) is 0 Å². The van der Waals surface area contributed by atoms with Crippen molar-refractivity contribution in [3.05, 3.63) is 0 Å². The number of amides is 2. The predicted molar refractivity (Wildman–Crippen MR) is 65.0 cm³/mol. The number of carboxylic acid groups (broad SMARTS) is 2. The first kappa shape index (κ1) is 17.8. The maximum absolute atomic E-state index is 12.0. The van der Waals surface area contributed by atoms with Gasteiger partial charge in [-0.15, -0.1) is 0 Å². The number of aliphatic carboxylic acids is 2. The summed E-state index contributed by atoms with van der Waals surface area (Å²) in [4.78, 5) is 43.2. The maximum Gasteiger partial charge on any atom is 0.326 e. The van der Waals surface area contributed by atoms with Gasteiger partial charge in [0.15, 0.2) is 0 Å². The van der Waals surface area contributed by atoms with E-state index in [0.717, 1.165) is 0 Å². The van der Waals surface area contributed by atoms with Gasteiger partial charge in [0, 0.05) is 6.42 Å². The number of nitrogens with one attached hydrogen (secondary N) is 2. The molecule has 2 atom stereocenters. The van der Waals surface area contributed by atoms with Gasteiger partial charge in [-0.05, 0) is 19.3 Å². The van der Waals surface area contributed by atoms with Crippen LogP contribution in [0.15, 0.2) is 0 Å². The number of rotatable bonds is 10. The van der Waals surface area contributed by atoms with Crippen molar-refractivity contribution in [3.8, 4) is 0 Å². The Balaban J connectivity index is 4.30. The van der Waals surface area contributed by atoms with Crippen molar-refractivity contribution >= 4 is 24.3 Å². The van der Waals surface area contributed by atoms with Crippen LogP contribution in [0.4, 0.5) is 9.18 Å². The average molecular weight is 292 g/mol. The molecule has 0 saturated heterocycles. The third-order valence-corrected chi connectivity index (χ3v) is 2.38. The van der Waals surface area contributed by atoms with Crippen LogP contribution >= 0.6 is 0 Å². The second-order valence-electron chi connectivity index (χ2n) is 4.01. The van der Waals surface area contributed by atoms with E-state index in [9.17, 15) is 23.6 Å². The first-order valence-electron chi connectivity index (χ1n) is 5.93. The zero-order valence-electron chi connectivity index (χ0n) is 10.7. The molecule has 20 heavy (non-hydrogen) atoms. The van der Waals surface area contributed by atoms with Crippen molar-refractivity contribution in [2.45, 2.75) is 37.8 Å². The summed E-state index contributed by atoms with van der Waals surface area (Å²) in [5.74, 6) is -2.44. The van der Waals surface area contributed by atoms with Gasteiger partial charge in [-0.1, -0.05) is 0 Å². The third-order valence-electron chi connectivity index (χ3n) is 2.38. The van der Waals surface area contributed by atoms with Gasteiger partial charge in [0.1, 0.15) is 12.3 Å². The van der Waals surface area contributed by atoms with Crippen LogP contribution in [0.25, 0.3) is 0 Å². The molecule has 0 aromatic rings. The van der Waals surface area contributed by atoms with Gasteiger partial charge in [-0.3, -0.25) is 9.18 Å². The van der Waals surface area contributed by atoms with E-state index in [4.69, 9.17) is 10.2 Å². The summed E-state index contributed by atoms with van der Waals surface area (Å²) in [6, 6.07) is -3.21. The molecule has 0 aromatic carbocycles. The number of hydrogen-bond acceptors (Lipinski definition) is 4. The number of carbonyl (C=O) groups is 4. The minimum Gasteiger partial charge on any atom is -0.481 e. The molecular weight excluding hydrogens is 275 g/mol. The molecule has 0 aliphatic heterocycles. The Morgan fingerprint density at radius 1 is 1.15 bits per heavy atom. The molecule has 0 saturated carbocycles. The Morgan fingerprint density at radius 2 is 1.80 bits per heavy atom. The van der Waals surface area contributed by atoms with Crippen LogP contribution in [-0.4, -0.2) is 53.2 Å². The van der Waals surface area contributed by atoms with Gasteiger partial charge in [-0.2, -0.15) is 0 Å². The smallest absolute Gasteiger partial charge is 0.326 e. The predicted octanol–water partition coefficient (Wildman–Crippen LogP) is -0.0792. The number of alkyl halides is 1. The van der Waals surface area contributed by atoms with E-state index in [2.05, 4.69) is 10.6 Å². The maximum atomic E-state index is 12.0. The van der Waals surface area contributed by atoms with Crippen LogP contribution in [0.5, 0.6) is 0 Å². The van der Waals surface area contributed by atoms with E-state index in [0.29, 0.717) is 6.29 Å². The highest BCUT2D eigenvalue weighted by atomic mass is 19.1. The van der Waals surface area contributed by atoms with E-state index in [1.54, 1.807) is 0 Å². The quantitative estimate of drug-likeness (QED) is 0.416. The van der Waals surface area contributed by atoms with Crippen molar-refractivity contribution < 1.29 is 33.8 Å². The van der Waals surface area contributed by atoms with Crippen molar-refractivity contribution in [1.29, 1.82) is 0 Å². The van der Waals surface area contributed by atoms with Crippen LogP contribution in [0.1, 0.15) is 25.7 Å². The van der Waals surface area contributed by atoms with Crippen molar-refractivity contribution in [2.75, 3.05) is 6.67 Å². The highest BCUT2D eigenvalue weighted by molar-refractivity contribution is 5.84. The molecular formula is C11H17FN2O6. The number of hydrogen-bond donors (Lipinski definition) is 4. The minimum absolute atomic E-state index is 0.0205. The molecule has 9 heteroatoms. The Kier molecular flexibility index (Phi) is 8.64. The minimum atomic E-state index is -1.32. The highest BCUT2D eigenvalue weighted by Crippen LogP contribution is 1.99. The van der Waals surface area contributed by atoms with Gasteiger partial charge in [0.2, 0.25) is 0 Å². The molecule has 0 heterocycles. The lowest BCUT2D eigenvalue weighted by Gasteiger charge is -2.17. The molecule has 0 fully saturated rings. The lowest BCUT2D eigenvalue weighted by atomic mass is 10.1. The Bertz CT molecular complexity index is 363. The molecule has 0 aliphatic carbocycles. The van der Waals surface area contributed by atoms with E-state index >= 15 is 0 Å². The number of aldehydes is 1. The molecule has 8 nitrogen and oxygen atoms in total. The summed E-state index contributed by atoms with van der Waals surface area (Å²) in [7, 11) is 0. The van der Waals surface area contributed by atoms with Crippen LogP contribution in [0.2, 0.25) is 0 Å². The summed E-state index contributed by atoms with van der Waals surface area (Å²) >= 11 is 0. The molecule has 1 unspecified atom stereocenters. The second-order valence-corrected chi connectivity index (χ2v) is 4.01. The molecule has 114 valence electrons. The second kappa shape index (κ2) is 9.70.